The van der Waals surface area contributed by atoms with E-state index in [4.69, 9.17) is 0 Å². The number of carbonyl (C=O) groups excluding carboxylic acids is 5. The predicted molar refractivity (Wildman–Crippen MR) is 114 cm³/mol. The quantitative estimate of drug-likeness (QED) is 0.714. The highest BCUT2D eigenvalue weighted by atomic mass is 16.3. The highest BCUT2D eigenvalue weighted by Crippen LogP contribution is 2.51. The Kier molecular flexibility index (Phi) is 4.77. The molecule has 0 amide bonds. The molecular weight excluding hydrogens is 408 g/mol. The number of Topliss-reactive ketones (excluding diaryl/α,β-unsaturated/α-hetero) is 5. The minimum absolute atomic E-state index is 0.0166. The van der Waals surface area contributed by atoms with E-state index in [0.29, 0.717) is 12.8 Å². The lowest BCUT2D eigenvalue weighted by atomic mass is 9.55. The molecule has 5 rings (SSSR count). The molecule has 0 heterocycles. The van der Waals surface area contributed by atoms with Gasteiger partial charge >= 0.3 is 0 Å². The molecule has 0 radical (unpaired) electrons. The number of hydrogen-bond acceptors (Lipinski definition) is 6. The third-order valence-corrected chi connectivity index (χ3v) is 8.58. The molecule has 1 aromatic rings. The Morgan fingerprint density at radius 2 is 1.62 bits per heavy atom. The first-order valence-corrected chi connectivity index (χ1v) is 11.6. The van der Waals surface area contributed by atoms with Crippen LogP contribution in [0.15, 0.2) is 12.1 Å². The molecule has 4 aliphatic rings. The first kappa shape index (κ1) is 21.2. The van der Waals surface area contributed by atoms with Crippen molar-refractivity contribution in [3.8, 4) is 5.75 Å². The van der Waals surface area contributed by atoms with Gasteiger partial charge in [0.2, 0.25) is 0 Å². The molecule has 32 heavy (non-hydrogen) atoms. The Labute approximate surface area is 186 Å². The van der Waals surface area contributed by atoms with Gasteiger partial charge in [-0.15, -0.1) is 0 Å². The van der Waals surface area contributed by atoms with Crippen molar-refractivity contribution in [1.29, 1.82) is 0 Å². The lowest BCUT2D eigenvalue weighted by Gasteiger charge is -2.44. The van der Waals surface area contributed by atoms with E-state index in [2.05, 4.69) is 6.92 Å². The number of aromatic hydroxyl groups is 1. The number of phenols is 1. The standard InChI is InChI=1S/C26H28O6/c1-12(27)18-17(28)11-15-10-14-9-13-5-6-16(26(2)7-3-4-8-26)22(29)19(13)24(31)20(14)25(32)21(15)23(18)30/h5-6,14-15,18,20-21,29H,3-4,7-11H2,1-2H3. The second-order valence-electron chi connectivity index (χ2n) is 10.6. The summed E-state index contributed by atoms with van der Waals surface area (Å²) in [7, 11) is 0. The summed E-state index contributed by atoms with van der Waals surface area (Å²) in [6.07, 6.45) is 4.95. The summed E-state index contributed by atoms with van der Waals surface area (Å²) in [6.45, 7) is 3.30. The maximum absolute atomic E-state index is 13.6. The van der Waals surface area contributed by atoms with E-state index < -0.39 is 52.6 Å². The van der Waals surface area contributed by atoms with Gasteiger partial charge in [0.25, 0.3) is 0 Å². The van der Waals surface area contributed by atoms with Gasteiger partial charge in [0.05, 0.1) is 17.4 Å². The van der Waals surface area contributed by atoms with Gasteiger partial charge in [-0.05, 0) is 55.4 Å². The molecule has 3 saturated carbocycles. The summed E-state index contributed by atoms with van der Waals surface area (Å²) in [5, 5.41) is 11.2. The summed E-state index contributed by atoms with van der Waals surface area (Å²) in [5.74, 6) is -6.68. The summed E-state index contributed by atoms with van der Waals surface area (Å²) in [6, 6.07) is 3.83. The fourth-order valence-electron chi connectivity index (χ4n) is 7.01. The molecule has 5 unspecified atom stereocenters. The maximum Gasteiger partial charge on any atom is 0.177 e. The van der Waals surface area contributed by atoms with Crippen molar-refractivity contribution < 1.29 is 29.1 Å². The molecule has 3 fully saturated rings. The Hall–Kier alpha value is -2.63. The molecule has 0 bridgehead atoms. The van der Waals surface area contributed by atoms with Gasteiger partial charge in [-0.2, -0.15) is 0 Å². The minimum Gasteiger partial charge on any atom is -0.507 e. The lowest BCUT2D eigenvalue weighted by Crippen LogP contribution is -2.55. The van der Waals surface area contributed by atoms with Crippen LogP contribution in [0.3, 0.4) is 0 Å². The number of rotatable bonds is 2. The van der Waals surface area contributed by atoms with Gasteiger partial charge in [0, 0.05) is 12.0 Å². The molecule has 6 nitrogen and oxygen atoms in total. The number of ketones is 5. The van der Waals surface area contributed by atoms with E-state index in [9.17, 15) is 29.1 Å². The summed E-state index contributed by atoms with van der Waals surface area (Å²) in [4.78, 5) is 64.3. The highest BCUT2D eigenvalue weighted by molar-refractivity contribution is 6.27. The lowest BCUT2D eigenvalue weighted by molar-refractivity contribution is -0.152. The number of hydrogen-bond donors (Lipinski definition) is 1. The van der Waals surface area contributed by atoms with Gasteiger partial charge in [-0.25, -0.2) is 0 Å². The molecule has 1 N–H and O–H groups in total. The van der Waals surface area contributed by atoms with Gasteiger partial charge in [-0.3, -0.25) is 24.0 Å². The van der Waals surface area contributed by atoms with Crippen LogP contribution in [0.2, 0.25) is 0 Å². The van der Waals surface area contributed by atoms with E-state index >= 15 is 0 Å². The van der Waals surface area contributed by atoms with E-state index in [0.717, 1.165) is 36.8 Å². The van der Waals surface area contributed by atoms with Crippen molar-refractivity contribution in [3.05, 3.63) is 28.8 Å². The molecule has 0 aromatic heterocycles. The molecule has 0 saturated heterocycles. The molecule has 1 aromatic carbocycles. The average Bonchev–Trinajstić information content (AvgIpc) is 3.14. The molecule has 0 spiro atoms. The van der Waals surface area contributed by atoms with Gasteiger partial charge in [0.1, 0.15) is 17.5 Å². The zero-order chi connectivity index (χ0) is 22.9. The van der Waals surface area contributed by atoms with Crippen molar-refractivity contribution in [2.45, 2.75) is 64.2 Å². The van der Waals surface area contributed by atoms with Crippen molar-refractivity contribution in [2.75, 3.05) is 0 Å². The zero-order valence-corrected chi connectivity index (χ0v) is 18.5. The first-order chi connectivity index (χ1) is 15.1. The first-order valence-electron chi connectivity index (χ1n) is 11.6. The second-order valence-corrected chi connectivity index (χ2v) is 10.6. The van der Waals surface area contributed by atoms with Crippen LogP contribution in [-0.4, -0.2) is 34.0 Å². The van der Waals surface area contributed by atoms with Crippen LogP contribution in [0, 0.1) is 29.6 Å². The Balaban J connectivity index is 1.54. The predicted octanol–water partition coefficient (Wildman–Crippen LogP) is 3.15. The van der Waals surface area contributed by atoms with Crippen molar-refractivity contribution in [3.63, 3.8) is 0 Å². The van der Waals surface area contributed by atoms with E-state index in [1.54, 1.807) is 0 Å². The fourth-order valence-corrected chi connectivity index (χ4v) is 7.01. The largest absolute Gasteiger partial charge is 0.507 e. The maximum atomic E-state index is 13.6. The molecule has 168 valence electrons. The van der Waals surface area contributed by atoms with Crippen LogP contribution in [-0.2, 0) is 31.0 Å². The Bertz CT molecular complexity index is 1080. The molecular formula is C26H28O6. The summed E-state index contributed by atoms with van der Waals surface area (Å²) < 4.78 is 0. The van der Waals surface area contributed by atoms with E-state index in [1.165, 1.54) is 6.92 Å². The van der Waals surface area contributed by atoms with Crippen LogP contribution in [0.4, 0.5) is 0 Å². The fraction of sp³-hybridized carbons (Fsp3) is 0.577. The van der Waals surface area contributed by atoms with E-state index in [-0.39, 0.29) is 29.1 Å². The third-order valence-electron chi connectivity index (χ3n) is 8.58. The van der Waals surface area contributed by atoms with Crippen molar-refractivity contribution in [2.24, 2.45) is 29.6 Å². The highest BCUT2D eigenvalue weighted by Gasteiger charge is 2.57. The average molecular weight is 437 g/mol. The van der Waals surface area contributed by atoms with Crippen LogP contribution in [0.5, 0.6) is 5.75 Å². The van der Waals surface area contributed by atoms with Gasteiger partial charge < -0.3 is 5.11 Å². The molecule has 6 heteroatoms. The normalized spacial score (nSPS) is 33.5. The van der Waals surface area contributed by atoms with Crippen LogP contribution >= 0.6 is 0 Å². The molecule has 0 aliphatic heterocycles. The topological polar surface area (TPSA) is 106 Å². The smallest absolute Gasteiger partial charge is 0.177 e. The number of fused-ring (bicyclic) bond motifs is 3. The molecule has 5 atom stereocenters. The number of phenolic OH excluding ortho intramolecular Hbond substituents is 1. The zero-order valence-electron chi connectivity index (χ0n) is 18.5. The van der Waals surface area contributed by atoms with Gasteiger partial charge in [-0.1, -0.05) is 31.9 Å². The SMILES string of the molecule is CC(=O)C1C(=O)CC2CC3Cc4ccc(C5(C)CCCC5)c(O)c4C(=O)C3C(=O)C2C1=O. The number of benzene rings is 1. The van der Waals surface area contributed by atoms with Crippen molar-refractivity contribution in [1.82, 2.24) is 0 Å². The summed E-state index contributed by atoms with van der Waals surface area (Å²) >= 11 is 0. The second kappa shape index (κ2) is 7.19. The minimum atomic E-state index is -1.38. The van der Waals surface area contributed by atoms with Crippen LogP contribution in [0.25, 0.3) is 0 Å². The summed E-state index contributed by atoms with van der Waals surface area (Å²) in [5.41, 5.74) is 1.54. The number of carbonyl (C=O) groups is 5. The Morgan fingerprint density at radius 1 is 0.969 bits per heavy atom. The van der Waals surface area contributed by atoms with Crippen molar-refractivity contribution >= 4 is 28.9 Å². The van der Waals surface area contributed by atoms with Crippen LogP contribution in [0.1, 0.15) is 73.9 Å². The van der Waals surface area contributed by atoms with E-state index in [1.807, 2.05) is 12.1 Å². The van der Waals surface area contributed by atoms with Gasteiger partial charge in [0.15, 0.2) is 23.1 Å². The molecule has 4 aliphatic carbocycles. The Morgan fingerprint density at radius 3 is 2.28 bits per heavy atom. The third kappa shape index (κ3) is 2.87. The monoisotopic (exact) mass is 436 g/mol. The van der Waals surface area contributed by atoms with Crippen LogP contribution < -0.4 is 0 Å².